The molecule has 68 valence electrons. The third kappa shape index (κ3) is 2.09. The first-order chi connectivity index (χ1) is 6.31. The SMILES string of the molecule is CCOc1cc(C#N)ncc1OC. The number of ether oxygens (including phenoxy) is 2. The van der Waals surface area contributed by atoms with Crippen molar-refractivity contribution in [2.45, 2.75) is 6.92 Å². The van der Waals surface area contributed by atoms with E-state index in [0.29, 0.717) is 23.8 Å². The van der Waals surface area contributed by atoms with Crippen LogP contribution in [-0.2, 0) is 0 Å². The van der Waals surface area contributed by atoms with Gasteiger partial charge in [-0.25, -0.2) is 4.98 Å². The lowest BCUT2D eigenvalue weighted by molar-refractivity contribution is 0.310. The fraction of sp³-hybridized carbons (Fsp3) is 0.333. The van der Waals surface area contributed by atoms with Crippen LogP contribution in [0.3, 0.4) is 0 Å². The Morgan fingerprint density at radius 1 is 1.54 bits per heavy atom. The molecule has 0 aliphatic carbocycles. The van der Waals surface area contributed by atoms with Gasteiger partial charge in [0, 0.05) is 6.07 Å². The van der Waals surface area contributed by atoms with E-state index in [9.17, 15) is 0 Å². The minimum absolute atomic E-state index is 0.323. The Balaban J connectivity index is 3.04. The first-order valence-electron chi connectivity index (χ1n) is 3.88. The van der Waals surface area contributed by atoms with E-state index in [1.807, 2.05) is 13.0 Å². The van der Waals surface area contributed by atoms with Crippen molar-refractivity contribution in [3.05, 3.63) is 18.0 Å². The zero-order valence-electron chi connectivity index (χ0n) is 7.57. The van der Waals surface area contributed by atoms with Crippen molar-refractivity contribution in [1.29, 1.82) is 5.26 Å². The molecule has 4 nitrogen and oxygen atoms in total. The van der Waals surface area contributed by atoms with Gasteiger partial charge >= 0.3 is 0 Å². The summed E-state index contributed by atoms with van der Waals surface area (Å²) >= 11 is 0. The Bertz CT molecular complexity index is 331. The fourth-order valence-electron chi connectivity index (χ4n) is 0.907. The molecule has 1 aromatic heterocycles. The van der Waals surface area contributed by atoms with Crippen LogP contribution in [0.2, 0.25) is 0 Å². The highest BCUT2D eigenvalue weighted by molar-refractivity contribution is 5.41. The van der Waals surface area contributed by atoms with Crippen molar-refractivity contribution in [2.75, 3.05) is 13.7 Å². The maximum atomic E-state index is 8.58. The molecule has 0 saturated heterocycles. The van der Waals surface area contributed by atoms with Crippen LogP contribution in [0.15, 0.2) is 12.3 Å². The molecule has 1 heterocycles. The Morgan fingerprint density at radius 2 is 2.31 bits per heavy atom. The normalized spacial score (nSPS) is 9.00. The van der Waals surface area contributed by atoms with Gasteiger partial charge in [0.2, 0.25) is 0 Å². The lowest BCUT2D eigenvalue weighted by Gasteiger charge is -2.07. The summed E-state index contributed by atoms with van der Waals surface area (Å²) in [6, 6.07) is 3.49. The van der Waals surface area contributed by atoms with Gasteiger partial charge in [-0.2, -0.15) is 5.26 Å². The minimum Gasteiger partial charge on any atom is -0.491 e. The molecule has 0 radical (unpaired) electrons. The van der Waals surface area contributed by atoms with Gasteiger partial charge in [0.15, 0.2) is 11.5 Å². The van der Waals surface area contributed by atoms with Crippen molar-refractivity contribution in [3.63, 3.8) is 0 Å². The number of rotatable bonds is 3. The fourth-order valence-corrected chi connectivity index (χ4v) is 0.907. The molecular weight excluding hydrogens is 168 g/mol. The number of nitrogens with zero attached hydrogens (tertiary/aromatic N) is 2. The third-order valence-corrected chi connectivity index (χ3v) is 1.47. The highest BCUT2D eigenvalue weighted by atomic mass is 16.5. The standard InChI is InChI=1S/C9H10N2O2/c1-3-13-8-4-7(5-10)11-6-9(8)12-2/h4,6H,3H2,1-2H3. The second-order valence-electron chi connectivity index (χ2n) is 2.27. The van der Waals surface area contributed by atoms with E-state index in [0.717, 1.165) is 0 Å². The lowest BCUT2D eigenvalue weighted by atomic mass is 10.3. The molecule has 1 aromatic rings. The predicted molar refractivity (Wildman–Crippen MR) is 46.7 cm³/mol. The molecule has 0 unspecified atom stereocenters. The predicted octanol–water partition coefficient (Wildman–Crippen LogP) is 1.36. The number of hydrogen-bond donors (Lipinski definition) is 0. The Hall–Kier alpha value is -1.76. The number of hydrogen-bond acceptors (Lipinski definition) is 4. The Morgan fingerprint density at radius 3 is 2.85 bits per heavy atom. The van der Waals surface area contributed by atoms with Crippen molar-refractivity contribution < 1.29 is 9.47 Å². The van der Waals surface area contributed by atoms with Gasteiger partial charge in [-0.3, -0.25) is 0 Å². The summed E-state index contributed by atoms with van der Waals surface area (Å²) in [5.41, 5.74) is 0.323. The van der Waals surface area contributed by atoms with E-state index < -0.39 is 0 Å². The summed E-state index contributed by atoms with van der Waals surface area (Å²) < 4.78 is 10.3. The maximum Gasteiger partial charge on any atom is 0.179 e. The molecule has 4 heteroatoms. The average Bonchev–Trinajstić information content (AvgIpc) is 2.18. The second-order valence-corrected chi connectivity index (χ2v) is 2.27. The summed E-state index contributed by atoms with van der Waals surface area (Å²) in [6.45, 7) is 2.40. The van der Waals surface area contributed by atoms with Crippen LogP contribution in [0.1, 0.15) is 12.6 Å². The van der Waals surface area contributed by atoms with Crippen molar-refractivity contribution in [1.82, 2.24) is 4.98 Å². The lowest BCUT2D eigenvalue weighted by Crippen LogP contribution is -1.97. The smallest absolute Gasteiger partial charge is 0.179 e. The molecule has 0 spiro atoms. The van der Waals surface area contributed by atoms with Gasteiger partial charge in [-0.05, 0) is 6.92 Å². The average molecular weight is 178 g/mol. The van der Waals surface area contributed by atoms with Gasteiger partial charge in [0.1, 0.15) is 11.8 Å². The monoisotopic (exact) mass is 178 g/mol. The Kier molecular flexibility index (Phi) is 3.09. The van der Waals surface area contributed by atoms with Gasteiger partial charge in [-0.1, -0.05) is 0 Å². The molecule has 1 rings (SSSR count). The van der Waals surface area contributed by atoms with Gasteiger partial charge in [0.05, 0.1) is 19.9 Å². The third-order valence-electron chi connectivity index (χ3n) is 1.47. The van der Waals surface area contributed by atoms with Gasteiger partial charge < -0.3 is 9.47 Å². The van der Waals surface area contributed by atoms with Gasteiger partial charge in [0.25, 0.3) is 0 Å². The quantitative estimate of drug-likeness (QED) is 0.701. The molecular formula is C9H10N2O2. The molecule has 0 bridgehead atoms. The molecule has 0 amide bonds. The summed E-state index contributed by atoms with van der Waals surface area (Å²) in [7, 11) is 1.53. The molecule has 0 fully saturated rings. The van der Waals surface area contributed by atoms with Crippen LogP contribution in [0.4, 0.5) is 0 Å². The van der Waals surface area contributed by atoms with Gasteiger partial charge in [-0.15, -0.1) is 0 Å². The van der Waals surface area contributed by atoms with E-state index in [2.05, 4.69) is 4.98 Å². The zero-order chi connectivity index (χ0) is 9.68. The first-order valence-corrected chi connectivity index (χ1v) is 3.88. The molecule has 0 N–H and O–H groups in total. The zero-order valence-corrected chi connectivity index (χ0v) is 7.57. The van der Waals surface area contributed by atoms with E-state index in [1.165, 1.54) is 13.3 Å². The topological polar surface area (TPSA) is 55.1 Å². The number of pyridine rings is 1. The van der Waals surface area contributed by atoms with E-state index in [-0.39, 0.29) is 0 Å². The molecule has 0 aliphatic rings. The van der Waals surface area contributed by atoms with Crippen LogP contribution in [-0.4, -0.2) is 18.7 Å². The van der Waals surface area contributed by atoms with E-state index >= 15 is 0 Å². The molecule has 0 atom stereocenters. The molecule has 0 aliphatic heterocycles. The summed E-state index contributed by atoms with van der Waals surface area (Å²) in [5, 5.41) is 8.58. The highest BCUT2D eigenvalue weighted by Gasteiger charge is 2.05. The Labute approximate surface area is 76.7 Å². The van der Waals surface area contributed by atoms with Crippen LogP contribution in [0.25, 0.3) is 0 Å². The maximum absolute atomic E-state index is 8.58. The molecule has 0 aromatic carbocycles. The summed E-state index contributed by atoms with van der Waals surface area (Å²) in [6.07, 6.45) is 1.48. The summed E-state index contributed by atoms with van der Waals surface area (Å²) in [5.74, 6) is 1.09. The first kappa shape index (κ1) is 9.33. The highest BCUT2D eigenvalue weighted by Crippen LogP contribution is 2.25. The molecule has 13 heavy (non-hydrogen) atoms. The summed E-state index contributed by atoms with van der Waals surface area (Å²) in [4.78, 5) is 3.84. The number of methoxy groups -OCH3 is 1. The van der Waals surface area contributed by atoms with Crippen LogP contribution in [0.5, 0.6) is 11.5 Å². The minimum atomic E-state index is 0.323. The van der Waals surface area contributed by atoms with E-state index in [4.69, 9.17) is 14.7 Å². The van der Waals surface area contributed by atoms with Crippen molar-refractivity contribution in [3.8, 4) is 17.6 Å². The van der Waals surface area contributed by atoms with Crippen LogP contribution < -0.4 is 9.47 Å². The number of nitriles is 1. The molecule has 0 saturated carbocycles. The van der Waals surface area contributed by atoms with E-state index in [1.54, 1.807) is 6.07 Å². The largest absolute Gasteiger partial charge is 0.491 e. The van der Waals surface area contributed by atoms with Crippen molar-refractivity contribution >= 4 is 0 Å². The van der Waals surface area contributed by atoms with Crippen LogP contribution >= 0.6 is 0 Å². The second kappa shape index (κ2) is 4.31. The van der Waals surface area contributed by atoms with Crippen molar-refractivity contribution in [2.24, 2.45) is 0 Å². The van der Waals surface area contributed by atoms with Crippen LogP contribution in [0, 0.1) is 11.3 Å². The number of aromatic nitrogens is 1.